The molecule has 0 fully saturated rings. The van der Waals surface area contributed by atoms with Crippen LogP contribution in [0.2, 0.25) is 0 Å². The van der Waals surface area contributed by atoms with Crippen LogP contribution in [-0.4, -0.2) is 23.1 Å². The molecule has 0 spiro atoms. The van der Waals surface area contributed by atoms with Crippen molar-refractivity contribution in [3.05, 3.63) is 214 Å². The molecule has 0 heterocycles. The van der Waals surface area contributed by atoms with Gasteiger partial charge in [0.15, 0.2) is 23.1 Å². The van der Waals surface area contributed by atoms with Gasteiger partial charge in [-0.05, 0) is 56.9 Å². The molecule has 0 N–H and O–H groups in total. The topological polar surface area (TPSA) is 68.3 Å². The molecular weight excluding hydrogens is 641 g/mol. The molecule has 0 radical (unpaired) electrons. The second-order valence-electron chi connectivity index (χ2n) is 13.0. The minimum absolute atomic E-state index is 0.216. The SMILES string of the molecule is O=C(c1ccccc1)c1cc2cc3c(-c4ccccc4)c4c(c(-c5ccccc5)c3cc2cc1C(=O)c1ccccc1)C(=O)c1ccccc1C4=O. The Morgan fingerprint density at radius 2 is 0.673 bits per heavy atom. The van der Waals surface area contributed by atoms with Crippen LogP contribution >= 0.6 is 0 Å². The van der Waals surface area contributed by atoms with Crippen molar-refractivity contribution in [1.29, 1.82) is 0 Å². The summed E-state index contributed by atoms with van der Waals surface area (Å²) in [6.45, 7) is 0. The molecule has 8 aromatic rings. The highest BCUT2D eigenvalue weighted by molar-refractivity contribution is 6.36. The van der Waals surface area contributed by atoms with Crippen molar-refractivity contribution < 1.29 is 19.2 Å². The smallest absolute Gasteiger partial charge is 0.195 e. The second-order valence-corrected chi connectivity index (χ2v) is 13.0. The van der Waals surface area contributed by atoms with Crippen molar-refractivity contribution in [2.24, 2.45) is 0 Å². The lowest BCUT2D eigenvalue weighted by atomic mass is 9.74. The molecule has 0 saturated heterocycles. The predicted molar refractivity (Wildman–Crippen MR) is 205 cm³/mol. The summed E-state index contributed by atoms with van der Waals surface area (Å²) in [7, 11) is 0. The van der Waals surface area contributed by atoms with Crippen LogP contribution in [0.1, 0.15) is 63.7 Å². The molecular formula is C48H28O4. The van der Waals surface area contributed by atoms with E-state index in [-0.39, 0.29) is 34.3 Å². The highest BCUT2D eigenvalue weighted by atomic mass is 16.1. The van der Waals surface area contributed by atoms with E-state index in [1.807, 2.05) is 84.9 Å². The van der Waals surface area contributed by atoms with E-state index in [1.54, 1.807) is 84.9 Å². The van der Waals surface area contributed by atoms with E-state index in [0.29, 0.717) is 44.5 Å². The normalized spacial score (nSPS) is 12.1. The summed E-state index contributed by atoms with van der Waals surface area (Å²) in [5.41, 5.74) is 5.86. The van der Waals surface area contributed by atoms with Crippen LogP contribution in [0.4, 0.5) is 0 Å². The third-order valence-electron chi connectivity index (χ3n) is 9.96. The van der Waals surface area contributed by atoms with E-state index >= 15 is 0 Å². The number of hydrogen-bond acceptors (Lipinski definition) is 4. The number of ketones is 4. The Morgan fingerprint density at radius 3 is 1.04 bits per heavy atom. The van der Waals surface area contributed by atoms with Crippen molar-refractivity contribution in [3.63, 3.8) is 0 Å². The minimum atomic E-state index is -0.266. The van der Waals surface area contributed by atoms with Gasteiger partial charge in [-0.25, -0.2) is 0 Å². The fourth-order valence-electron chi connectivity index (χ4n) is 7.56. The van der Waals surface area contributed by atoms with Gasteiger partial charge in [0.05, 0.1) is 0 Å². The van der Waals surface area contributed by atoms with E-state index in [9.17, 15) is 19.2 Å². The monoisotopic (exact) mass is 668 g/mol. The number of benzene rings is 8. The van der Waals surface area contributed by atoms with Gasteiger partial charge in [-0.15, -0.1) is 0 Å². The summed E-state index contributed by atoms with van der Waals surface area (Å²) < 4.78 is 0. The average molecular weight is 669 g/mol. The first-order chi connectivity index (χ1) is 25.5. The average Bonchev–Trinajstić information content (AvgIpc) is 3.21. The van der Waals surface area contributed by atoms with Crippen molar-refractivity contribution in [3.8, 4) is 22.3 Å². The Bertz CT molecular complexity index is 2580. The molecule has 1 aliphatic carbocycles. The summed E-state index contributed by atoms with van der Waals surface area (Å²) in [4.78, 5) is 57.7. The molecule has 0 unspecified atom stereocenters. The first kappa shape index (κ1) is 31.0. The third-order valence-corrected chi connectivity index (χ3v) is 9.96. The van der Waals surface area contributed by atoms with Crippen LogP contribution in [0.5, 0.6) is 0 Å². The minimum Gasteiger partial charge on any atom is -0.289 e. The highest BCUT2D eigenvalue weighted by Gasteiger charge is 2.36. The van der Waals surface area contributed by atoms with Gasteiger partial charge in [-0.1, -0.05) is 146 Å². The maximum atomic E-state index is 14.7. The van der Waals surface area contributed by atoms with Crippen LogP contribution in [0, 0.1) is 0 Å². The summed E-state index contributed by atoms with van der Waals surface area (Å²) in [6, 6.07) is 51.8. The molecule has 244 valence electrons. The fraction of sp³-hybridized carbons (Fsp3) is 0. The van der Waals surface area contributed by atoms with Crippen LogP contribution < -0.4 is 0 Å². The molecule has 0 amide bonds. The van der Waals surface area contributed by atoms with Crippen molar-refractivity contribution in [1.82, 2.24) is 0 Å². The number of carbonyl (C=O) groups excluding carboxylic acids is 4. The maximum absolute atomic E-state index is 14.7. The van der Waals surface area contributed by atoms with Crippen LogP contribution in [0.15, 0.2) is 170 Å². The molecule has 4 nitrogen and oxygen atoms in total. The van der Waals surface area contributed by atoms with E-state index in [1.165, 1.54) is 0 Å². The Kier molecular flexibility index (Phi) is 7.37. The van der Waals surface area contributed by atoms with E-state index in [0.717, 1.165) is 32.7 Å². The molecule has 0 saturated carbocycles. The molecule has 0 aromatic heterocycles. The summed E-state index contributed by atoms with van der Waals surface area (Å²) >= 11 is 0. The number of carbonyl (C=O) groups is 4. The zero-order chi connectivity index (χ0) is 35.3. The maximum Gasteiger partial charge on any atom is 0.195 e. The van der Waals surface area contributed by atoms with Gasteiger partial charge in [0.2, 0.25) is 0 Å². The van der Waals surface area contributed by atoms with Gasteiger partial charge in [0, 0.05) is 55.6 Å². The lowest BCUT2D eigenvalue weighted by Gasteiger charge is -2.26. The molecule has 1 aliphatic rings. The zero-order valence-electron chi connectivity index (χ0n) is 27.8. The summed E-state index contributed by atoms with van der Waals surface area (Å²) in [5.74, 6) is -0.963. The predicted octanol–water partition coefficient (Wildman–Crippen LogP) is 10.6. The molecule has 0 bridgehead atoms. The van der Waals surface area contributed by atoms with Crippen LogP contribution in [0.3, 0.4) is 0 Å². The van der Waals surface area contributed by atoms with Crippen molar-refractivity contribution in [2.45, 2.75) is 0 Å². The molecule has 0 aliphatic heterocycles. The lowest BCUT2D eigenvalue weighted by Crippen LogP contribution is -2.23. The molecule has 9 rings (SSSR count). The standard InChI is InChI=1S/C48H28O4/c49-45(31-19-9-3-10-20-31)39-27-33-25-37-38(26-34(33)28-40(39)46(50)32-21-11-4-12-22-32)42(30-17-7-2-8-18-30)44-43(41(37)29-15-5-1-6-16-29)47(51)35-23-13-14-24-36(35)48(44)52/h1-28H. The summed E-state index contributed by atoms with van der Waals surface area (Å²) in [6.07, 6.45) is 0. The number of fused-ring (bicyclic) bond motifs is 4. The van der Waals surface area contributed by atoms with Gasteiger partial charge in [-0.3, -0.25) is 19.2 Å². The van der Waals surface area contributed by atoms with E-state index in [2.05, 4.69) is 0 Å². The van der Waals surface area contributed by atoms with E-state index in [4.69, 9.17) is 0 Å². The number of rotatable bonds is 6. The van der Waals surface area contributed by atoms with Crippen molar-refractivity contribution in [2.75, 3.05) is 0 Å². The summed E-state index contributed by atoms with van der Waals surface area (Å²) in [5, 5.41) is 2.97. The van der Waals surface area contributed by atoms with E-state index < -0.39 is 0 Å². The Balaban J connectivity index is 1.44. The molecule has 52 heavy (non-hydrogen) atoms. The molecule has 4 heteroatoms. The van der Waals surface area contributed by atoms with Gasteiger partial charge in [-0.2, -0.15) is 0 Å². The van der Waals surface area contributed by atoms with Crippen LogP contribution in [-0.2, 0) is 0 Å². The first-order valence-electron chi connectivity index (χ1n) is 17.1. The highest BCUT2D eigenvalue weighted by Crippen LogP contribution is 2.47. The third kappa shape index (κ3) is 4.92. The largest absolute Gasteiger partial charge is 0.289 e. The Labute approximate surface area is 299 Å². The van der Waals surface area contributed by atoms with Crippen LogP contribution in [0.25, 0.3) is 43.8 Å². The fourth-order valence-corrected chi connectivity index (χ4v) is 7.56. The van der Waals surface area contributed by atoms with Gasteiger partial charge in [0.25, 0.3) is 0 Å². The molecule has 0 atom stereocenters. The first-order valence-corrected chi connectivity index (χ1v) is 17.1. The molecule has 8 aromatic carbocycles. The van der Waals surface area contributed by atoms with Gasteiger partial charge < -0.3 is 0 Å². The Hall–Kier alpha value is -7.04. The lowest BCUT2D eigenvalue weighted by molar-refractivity contribution is 0.0980. The van der Waals surface area contributed by atoms with Gasteiger partial charge in [0.1, 0.15) is 0 Å². The number of hydrogen-bond donors (Lipinski definition) is 0. The zero-order valence-corrected chi connectivity index (χ0v) is 27.8. The van der Waals surface area contributed by atoms with Crippen molar-refractivity contribution >= 4 is 44.7 Å². The quantitative estimate of drug-likeness (QED) is 0.131. The van der Waals surface area contributed by atoms with Gasteiger partial charge >= 0.3 is 0 Å². The second kappa shape index (κ2) is 12.4. The Morgan fingerprint density at radius 1 is 0.346 bits per heavy atom.